The molecule has 2 aliphatic rings. The van der Waals surface area contributed by atoms with Crippen LogP contribution < -0.4 is 15.8 Å². The molecule has 1 fully saturated rings. The number of amides is 1. The lowest BCUT2D eigenvalue weighted by atomic mass is 9.97. The highest BCUT2D eigenvalue weighted by Gasteiger charge is 2.32. The molecule has 0 bridgehead atoms. The Morgan fingerprint density at radius 2 is 2.18 bits per heavy atom. The lowest BCUT2D eigenvalue weighted by Gasteiger charge is -2.25. The number of primary amides is 1. The number of fused-ring (bicyclic) bond motifs is 2. The molecule has 3 aromatic rings. The molecule has 1 aromatic heterocycles. The number of aromatic amines is 1. The fourth-order valence-corrected chi connectivity index (χ4v) is 4.71. The normalized spacial score (nSPS) is 15.8. The second-order valence-electron chi connectivity index (χ2n) is 8.87. The highest BCUT2D eigenvalue weighted by atomic mass is 19.1. The minimum absolute atomic E-state index is 0.0795. The summed E-state index contributed by atoms with van der Waals surface area (Å²) in [5.74, 6) is -0.407. The number of halogens is 1. The van der Waals surface area contributed by atoms with Crippen molar-refractivity contribution in [2.24, 2.45) is 11.7 Å². The Bertz CT molecular complexity index is 1300. The van der Waals surface area contributed by atoms with E-state index in [1.807, 2.05) is 24.4 Å². The Morgan fingerprint density at radius 3 is 2.94 bits per heavy atom. The number of nitrogens with one attached hydrogen (secondary N) is 2. The van der Waals surface area contributed by atoms with Gasteiger partial charge in [-0.1, -0.05) is 0 Å². The van der Waals surface area contributed by atoms with E-state index in [-0.39, 0.29) is 17.4 Å². The van der Waals surface area contributed by atoms with Crippen molar-refractivity contribution in [3.63, 3.8) is 0 Å². The predicted molar refractivity (Wildman–Crippen MR) is 123 cm³/mol. The van der Waals surface area contributed by atoms with Crippen molar-refractivity contribution in [1.82, 2.24) is 10.3 Å². The molecule has 4 N–H and O–H groups in total. The van der Waals surface area contributed by atoms with Crippen molar-refractivity contribution >= 4 is 16.8 Å². The van der Waals surface area contributed by atoms with Crippen LogP contribution >= 0.6 is 0 Å². The third-order valence-electron chi connectivity index (χ3n) is 6.58. The van der Waals surface area contributed by atoms with Crippen molar-refractivity contribution in [3.05, 3.63) is 76.6 Å². The van der Waals surface area contributed by atoms with Gasteiger partial charge in [-0.25, -0.2) is 4.39 Å². The quantitative estimate of drug-likeness (QED) is 0.478. The van der Waals surface area contributed by atoms with Crippen LogP contribution in [0.2, 0.25) is 0 Å². The lowest BCUT2D eigenvalue weighted by Crippen LogP contribution is -2.33. The summed E-state index contributed by atoms with van der Waals surface area (Å²) >= 11 is 0. The fourth-order valence-electron chi connectivity index (χ4n) is 4.71. The first-order valence-corrected chi connectivity index (χ1v) is 11.3. The maximum atomic E-state index is 14.2. The van der Waals surface area contributed by atoms with Crippen LogP contribution in [0, 0.1) is 23.1 Å². The van der Waals surface area contributed by atoms with Gasteiger partial charge >= 0.3 is 0 Å². The minimum atomic E-state index is -0.590. The predicted octanol–water partition coefficient (Wildman–Crippen LogP) is 4.44. The molecule has 168 valence electrons. The zero-order valence-corrected chi connectivity index (χ0v) is 18.2. The Labute approximate surface area is 191 Å². The van der Waals surface area contributed by atoms with Gasteiger partial charge in [-0.2, -0.15) is 5.26 Å². The Balaban J connectivity index is 1.25. The molecule has 1 atom stereocenters. The van der Waals surface area contributed by atoms with Gasteiger partial charge in [-0.3, -0.25) is 4.79 Å². The number of nitrogens with two attached hydrogens (primary N) is 1. The number of allylic oxidation sites excluding steroid dienone is 1. The number of rotatable bonds is 8. The molecule has 0 spiro atoms. The second kappa shape index (κ2) is 8.62. The average Bonchev–Trinajstić information content (AvgIpc) is 3.59. The lowest BCUT2D eigenvalue weighted by molar-refractivity contribution is 0.0999. The van der Waals surface area contributed by atoms with Crippen LogP contribution in [0.5, 0.6) is 5.75 Å². The first-order chi connectivity index (χ1) is 16.0. The van der Waals surface area contributed by atoms with Crippen LogP contribution in [0.4, 0.5) is 4.39 Å². The number of nitriles is 1. The molecule has 5 rings (SSSR count). The van der Waals surface area contributed by atoms with Crippen molar-refractivity contribution in [1.29, 1.82) is 5.26 Å². The van der Waals surface area contributed by atoms with Gasteiger partial charge in [0.15, 0.2) is 11.6 Å². The molecule has 0 unspecified atom stereocenters. The molecule has 0 radical (unpaired) electrons. The maximum absolute atomic E-state index is 14.2. The zero-order valence-electron chi connectivity index (χ0n) is 18.2. The van der Waals surface area contributed by atoms with Crippen LogP contribution in [0.15, 0.2) is 48.5 Å². The first kappa shape index (κ1) is 21.1. The number of hydrogen-bond acceptors (Lipinski definition) is 4. The molecule has 2 heterocycles. The summed E-state index contributed by atoms with van der Waals surface area (Å²) in [6, 6.07) is 10.8. The summed E-state index contributed by atoms with van der Waals surface area (Å²) in [5, 5.41) is 13.9. The van der Waals surface area contributed by atoms with E-state index in [1.54, 1.807) is 6.26 Å². The van der Waals surface area contributed by atoms with Crippen LogP contribution in [0.3, 0.4) is 0 Å². The van der Waals surface area contributed by atoms with E-state index in [9.17, 15) is 14.4 Å². The first-order valence-electron chi connectivity index (χ1n) is 11.3. The van der Waals surface area contributed by atoms with E-state index in [0.29, 0.717) is 23.5 Å². The number of ether oxygens (including phenoxy) is 1. The molecule has 1 aliphatic heterocycles. The van der Waals surface area contributed by atoms with Crippen molar-refractivity contribution in [2.75, 3.05) is 0 Å². The Kier molecular flexibility index (Phi) is 5.51. The summed E-state index contributed by atoms with van der Waals surface area (Å²) in [6.45, 7) is 0. The number of benzene rings is 2. The highest BCUT2D eigenvalue weighted by Crippen LogP contribution is 2.37. The SMILES string of the molecule is N#Cc1ccc2[nH]cc(CCC[C@H](NC3=COc4c(F)ccc(C(N)=O)c4C3)C3CC3)c2c1. The van der Waals surface area contributed by atoms with Crippen molar-refractivity contribution in [3.8, 4) is 11.8 Å². The molecular weight excluding hydrogens is 419 g/mol. The van der Waals surface area contributed by atoms with Crippen LogP contribution in [-0.2, 0) is 12.8 Å². The summed E-state index contributed by atoms with van der Waals surface area (Å²) < 4.78 is 19.7. The largest absolute Gasteiger partial charge is 0.460 e. The highest BCUT2D eigenvalue weighted by molar-refractivity contribution is 5.95. The molecule has 0 saturated heterocycles. The van der Waals surface area contributed by atoms with Gasteiger partial charge in [0.25, 0.3) is 0 Å². The number of aryl methyl sites for hydroxylation is 1. The van der Waals surface area contributed by atoms with E-state index in [4.69, 9.17) is 10.5 Å². The van der Waals surface area contributed by atoms with Gasteiger partial charge in [0, 0.05) is 40.7 Å². The molecule has 2 aromatic carbocycles. The number of H-pyrrole nitrogens is 1. The number of aromatic nitrogens is 1. The summed E-state index contributed by atoms with van der Waals surface area (Å²) in [4.78, 5) is 15.1. The van der Waals surface area contributed by atoms with Crippen molar-refractivity contribution in [2.45, 2.75) is 44.6 Å². The smallest absolute Gasteiger partial charge is 0.249 e. The molecule has 1 aliphatic carbocycles. The third-order valence-corrected chi connectivity index (χ3v) is 6.58. The fraction of sp³-hybridized carbons (Fsp3) is 0.308. The van der Waals surface area contributed by atoms with Gasteiger partial charge in [-0.05, 0) is 73.9 Å². The van der Waals surface area contributed by atoms with Crippen LogP contribution in [0.1, 0.15) is 52.7 Å². The summed E-state index contributed by atoms with van der Waals surface area (Å²) in [6.07, 6.45) is 9.21. The van der Waals surface area contributed by atoms with Gasteiger partial charge in [0.1, 0.15) is 6.26 Å². The van der Waals surface area contributed by atoms with E-state index < -0.39 is 11.7 Å². The standard InChI is InChI=1S/C26H25FN4O2/c27-22-8-7-19(26(29)32)21-11-18(14-33-25(21)22)31-23(16-5-6-16)3-1-2-17-13-30-24-9-4-15(12-28)10-20(17)24/h4,7-10,13-14,16,23,30-31H,1-3,5-6,11H2,(H2,29,32)/t23-/m0/s1. The van der Waals surface area contributed by atoms with E-state index >= 15 is 0 Å². The van der Waals surface area contributed by atoms with Gasteiger partial charge in [-0.15, -0.1) is 0 Å². The topological polar surface area (TPSA) is 104 Å². The Hall–Kier alpha value is -3.79. The number of carbonyl (C=O) groups is 1. The van der Waals surface area contributed by atoms with Crippen LogP contribution in [-0.4, -0.2) is 16.9 Å². The van der Waals surface area contributed by atoms with Gasteiger partial charge in [0.05, 0.1) is 17.3 Å². The van der Waals surface area contributed by atoms with E-state index in [1.165, 1.54) is 30.5 Å². The molecule has 7 heteroatoms. The minimum Gasteiger partial charge on any atom is -0.460 e. The molecular formula is C26H25FN4O2. The van der Waals surface area contributed by atoms with Gasteiger partial charge in [0.2, 0.25) is 5.91 Å². The van der Waals surface area contributed by atoms with Crippen LogP contribution in [0.25, 0.3) is 10.9 Å². The Morgan fingerprint density at radius 1 is 1.33 bits per heavy atom. The third kappa shape index (κ3) is 4.29. The van der Waals surface area contributed by atoms with E-state index in [0.717, 1.165) is 35.9 Å². The molecule has 6 nitrogen and oxygen atoms in total. The molecule has 33 heavy (non-hydrogen) atoms. The van der Waals surface area contributed by atoms with Gasteiger partial charge < -0.3 is 20.8 Å². The number of carbonyl (C=O) groups excluding carboxylic acids is 1. The van der Waals surface area contributed by atoms with E-state index in [2.05, 4.69) is 16.4 Å². The van der Waals surface area contributed by atoms with Crippen molar-refractivity contribution < 1.29 is 13.9 Å². The number of hydrogen-bond donors (Lipinski definition) is 3. The number of nitrogens with zero attached hydrogens (tertiary/aromatic N) is 1. The monoisotopic (exact) mass is 444 g/mol. The summed E-state index contributed by atoms with van der Waals surface area (Å²) in [7, 11) is 0. The molecule has 1 saturated carbocycles. The zero-order chi connectivity index (χ0) is 22.9. The molecule has 1 amide bonds. The second-order valence-corrected chi connectivity index (χ2v) is 8.87. The average molecular weight is 445 g/mol. The maximum Gasteiger partial charge on any atom is 0.249 e. The summed E-state index contributed by atoms with van der Waals surface area (Å²) in [5.41, 5.74) is 10.0.